The molecule has 0 amide bonds. The van der Waals surface area contributed by atoms with Crippen molar-refractivity contribution in [2.45, 2.75) is 0 Å². The number of aromatic nitrogens is 3. The van der Waals surface area contributed by atoms with Crippen molar-refractivity contribution < 1.29 is 0 Å². The van der Waals surface area contributed by atoms with Gasteiger partial charge >= 0.3 is 0 Å². The molecule has 0 fully saturated rings. The van der Waals surface area contributed by atoms with Gasteiger partial charge in [-0.3, -0.25) is 0 Å². The van der Waals surface area contributed by atoms with E-state index in [4.69, 9.17) is 9.97 Å². The highest BCUT2D eigenvalue weighted by atomic mass is 15.1. The molecule has 9 aromatic carbocycles. The van der Waals surface area contributed by atoms with Gasteiger partial charge in [-0.05, 0) is 100 Å². The predicted molar refractivity (Wildman–Crippen MR) is 233 cm³/mol. The minimum atomic E-state index is 0.908. The van der Waals surface area contributed by atoms with Gasteiger partial charge in [-0.1, -0.05) is 121 Å². The molecular formula is C52H32N4. The van der Waals surface area contributed by atoms with E-state index in [9.17, 15) is 0 Å². The van der Waals surface area contributed by atoms with Crippen LogP contribution in [-0.2, 0) is 0 Å². The molecule has 56 heavy (non-hydrogen) atoms. The fraction of sp³-hybridized carbons (Fsp3) is 0. The average Bonchev–Trinajstić information content (AvgIpc) is 3.77. The molecule has 0 saturated heterocycles. The van der Waals surface area contributed by atoms with Crippen LogP contribution in [0.2, 0.25) is 0 Å². The van der Waals surface area contributed by atoms with Gasteiger partial charge in [0.1, 0.15) is 0 Å². The zero-order chi connectivity index (χ0) is 36.7. The van der Waals surface area contributed by atoms with Gasteiger partial charge in [0.25, 0.3) is 0 Å². The molecule has 2 heterocycles. The third kappa shape index (κ3) is 4.53. The van der Waals surface area contributed by atoms with Crippen LogP contribution < -0.4 is 4.90 Å². The van der Waals surface area contributed by atoms with Gasteiger partial charge in [-0.15, -0.1) is 0 Å². The Balaban J connectivity index is 1.09. The highest BCUT2D eigenvalue weighted by molar-refractivity contribution is 6.32. The van der Waals surface area contributed by atoms with Gasteiger partial charge in [0, 0.05) is 50.0 Å². The van der Waals surface area contributed by atoms with Crippen molar-refractivity contribution in [2.75, 3.05) is 4.90 Å². The summed E-state index contributed by atoms with van der Waals surface area (Å²) in [5.41, 5.74) is 15.2. The number of anilines is 3. The lowest BCUT2D eigenvalue weighted by Crippen LogP contribution is -2.10. The lowest BCUT2D eigenvalue weighted by Gasteiger charge is -2.26. The first-order valence-electron chi connectivity index (χ1n) is 19.1. The van der Waals surface area contributed by atoms with Crippen LogP contribution in [-0.4, -0.2) is 14.5 Å². The van der Waals surface area contributed by atoms with Gasteiger partial charge in [-0.2, -0.15) is 0 Å². The smallest absolute Gasteiger partial charge is 0.0986 e. The van der Waals surface area contributed by atoms with Crippen LogP contribution in [0.4, 0.5) is 17.1 Å². The third-order valence-corrected chi connectivity index (χ3v) is 11.5. The van der Waals surface area contributed by atoms with Gasteiger partial charge in [-0.25, -0.2) is 9.97 Å². The highest BCUT2D eigenvalue weighted by Crippen LogP contribution is 2.52. The Hall–Kier alpha value is -7.56. The second kappa shape index (κ2) is 12.0. The van der Waals surface area contributed by atoms with E-state index in [1.165, 1.54) is 49.0 Å². The van der Waals surface area contributed by atoms with Crippen LogP contribution in [0.5, 0.6) is 0 Å². The number of hydrogen-bond acceptors (Lipinski definition) is 3. The number of para-hydroxylation sites is 3. The van der Waals surface area contributed by atoms with Crippen LogP contribution in [0.1, 0.15) is 0 Å². The standard InChI is InChI=1S/C52H32N4/c1-3-12-33(13-4-1)34-22-25-38(26-23-34)55(37-16-5-2-6-17-37)39-27-29-40(30-28-39)56-45-31-24-35-14-7-8-18-41(35)48(45)49-46(56)32-36-15-11-19-42-47(36)50(49)52-51(42)53-43-20-9-10-21-44(43)54-52/h1-32H. The Kier molecular flexibility index (Phi) is 6.60. The van der Waals surface area contributed by atoms with E-state index < -0.39 is 0 Å². The minimum Gasteiger partial charge on any atom is -0.311 e. The van der Waals surface area contributed by atoms with Crippen LogP contribution in [0.25, 0.3) is 93.7 Å². The Labute approximate surface area is 323 Å². The molecule has 0 unspecified atom stereocenters. The van der Waals surface area contributed by atoms with Crippen LogP contribution in [0.3, 0.4) is 0 Å². The molecule has 0 atom stereocenters. The molecule has 2 aromatic heterocycles. The number of benzene rings is 9. The van der Waals surface area contributed by atoms with Gasteiger partial charge in [0.15, 0.2) is 0 Å². The summed E-state index contributed by atoms with van der Waals surface area (Å²) >= 11 is 0. The number of rotatable bonds is 5. The van der Waals surface area contributed by atoms with Crippen molar-refractivity contribution >= 4 is 71.4 Å². The fourth-order valence-corrected chi connectivity index (χ4v) is 8.99. The van der Waals surface area contributed by atoms with E-state index >= 15 is 0 Å². The molecule has 0 spiro atoms. The molecule has 4 heteroatoms. The van der Waals surface area contributed by atoms with Crippen LogP contribution in [0.15, 0.2) is 194 Å². The molecule has 1 aliphatic rings. The Morgan fingerprint density at radius 2 is 1.00 bits per heavy atom. The van der Waals surface area contributed by atoms with Crippen molar-refractivity contribution in [1.29, 1.82) is 0 Å². The quantitative estimate of drug-likeness (QED) is 0.178. The zero-order valence-electron chi connectivity index (χ0n) is 30.3. The SMILES string of the molecule is c1ccc(-c2ccc(N(c3ccccc3)c3ccc(-n4c5cc6cccc7c6c(c5c5c6ccccc6ccc54)-c4nc5ccccc5nc4-7)cc3)cc2)cc1. The molecule has 0 radical (unpaired) electrons. The third-order valence-electron chi connectivity index (χ3n) is 11.5. The Morgan fingerprint density at radius 1 is 0.393 bits per heavy atom. The summed E-state index contributed by atoms with van der Waals surface area (Å²) in [5, 5.41) is 7.32. The maximum absolute atomic E-state index is 5.35. The molecule has 1 aliphatic carbocycles. The molecule has 0 N–H and O–H groups in total. The van der Waals surface area contributed by atoms with Crippen molar-refractivity contribution in [2.24, 2.45) is 0 Å². The van der Waals surface area contributed by atoms with E-state index in [-0.39, 0.29) is 0 Å². The average molecular weight is 713 g/mol. The molecule has 4 nitrogen and oxygen atoms in total. The topological polar surface area (TPSA) is 34.0 Å². The summed E-state index contributed by atoms with van der Waals surface area (Å²) in [6, 6.07) is 69.5. The Bertz CT molecular complexity index is 3330. The lowest BCUT2D eigenvalue weighted by atomic mass is 9.96. The van der Waals surface area contributed by atoms with Crippen molar-refractivity contribution in [1.82, 2.24) is 14.5 Å². The first-order chi connectivity index (χ1) is 27.8. The lowest BCUT2D eigenvalue weighted by molar-refractivity contribution is 1.18. The van der Waals surface area contributed by atoms with Crippen LogP contribution in [0, 0.1) is 0 Å². The van der Waals surface area contributed by atoms with E-state index in [0.29, 0.717) is 0 Å². The zero-order valence-corrected chi connectivity index (χ0v) is 30.3. The van der Waals surface area contributed by atoms with Crippen molar-refractivity contribution in [3.05, 3.63) is 194 Å². The van der Waals surface area contributed by atoms with Gasteiger partial charge < -0.3 is 9.47 Å². The van der Waals surface area contributed by atoms with E-state index in [1.54, 1.807) is 0 Å². The van der Waals surface area contributed by atoms with Crippen molar-refractivity contribution in [3.63, 3.8) is 0 Å². The molecule has 0 aliphatic heterocycles. The summed E-state index contributed by atoms with van der Waals surface area (Å²) in [4.78, 5) is 12.9. The summed E-state index contributed by atoms with van der Waals surface area (Å²) < 4.78 is 2.44. The number of nitrogens with zero attached hydrogens (tertiary/aromatic N) is 4. The second-order valence-electron chi connectivity index (χ2n) is 14.6. The number of hydrogen-bond donors (Lipinski definition) is 0. The van der Waals surface area contributed by atoms with Gasteiger partial charge in [0.05, 0.1) is 33.5 Å². The predicted octanol–water partition coefficient (Wildman–Crippen LogP) is 13.8. The molecule has 12 rings (SSSR count). The van der Waals surface area contributed by atoms with E-state index in [1.807, 2.05) is 12.1 Å². The normalized spacial score (nSPS) is 11.9. The summed E-state index contributed by atoms with van der Waals surface area (Å²) in [5.74, 6) is 0. The summed E-state index contributed by atoms with van der Waals surface area (Å²) in [6.45, 7) is 0. The first kappa shape index (κ1) is 30.9. The highest BCUT2D eigenvalue weighted by Gasteiger charge is 2.30. The first-order valence-corrected chi connectivity index (χ1v) is 19.1. The van der Waals surface area contributed by atoms with E-state index in [0.717, 1.165) is 61.8 Å². The fourth-order valence-electron chi connectivity index (χ4n) is 8.99. The minimum absolute atomic E-state index is 0.908. The monoisotopic (exact) mass is 712 g/mol. The van der Waals surface area contributed by atoms with Crippen LogP contribution >= 0.6 is 0 Å². The maximum atomic E-state index is 5.35. The summed E-state index contributed by atoms with van der Waals surface area (Å²) in [7, 11) is 0. The molecule has 11 aromatic rings. The largest absolute Gasteiger partial charge is 0.311 e. The van der Waals surface area contributed by atoms with Crippen molar-refractivity contribution in [3.8, 4) is 39.3 Å². The molecule has 0 saturated carbocycles. The molecule has 0 bridgehead atoms. The number of fused-ring (bicyclic) bond motifs is 10. The van der Waals surface area contributed by atoms with Gasteiger partial charge in [0.2, 0.25) is 0 Å². The maximum Gasteiger partial charge on any atom is 0.0986 e. The second-order valence-corrected chi connectivity index (χ2v) is 14.6. The molecule has 260 valence electrons. The molecular weight excluding hydrogens is 681 g/mol. The van der Waals surface area contributed by atoms with E-state index in [2.05, 4.69) is 191 Å². The Morgan fingerprint density at radius 3 is 1.77 bits per heavy atom. The summed E-state index contributed by atoms with van der Waals surface area (Å²) in [6.07, 6.45) is 0.